The number of carbonyl (C=O) groups excluding carboxylic acids is 1. The Morgan fingerprint density at radius 1 is 1.38 bits per heavy atom. The summed E-state index contributed by atoms with van der Waals surface area (Å²) in [5.41, 5.74) is 0.527. The fourth-order valence-corrected chi connectivity index (χ4v) is 1.27. The van der Waals surface area contributed by atoms with Crippen LogP contribution < -0.4 is 5.32 Å². The van der Waals surface area contributed by atoms with E-state index >= 15 is 0 Å². The number of hydrogen-bond donors (Lipinski definition) is 2. The van der Waals surface area contributed by atoms with E-state index in [1.807, 2.05) is 0 Å². The average Bonchev–Trinajstić information content (AvgIpc) is 2.27. The quantitative estimate of drug-likeness (QED) is 0.765. The maximum absolute atomic E-state index is 11.2. The molecule has 0 aliphatic rings. The van der Waals surface area contributed by atoms with Crippen LogP contribution in [0, 0.1) is 0 Å². The van der Waals surface area contributed by atoms with Crippen LogP contribution in [0.25, 0.3) is 0 Å². The highest BCUT2D eigenvalue weighted by atomic mass is 16.5. The van der Waals surface area contributed by atoms with Crippen LogP contribution in [0.3, 0.4) is 0 Å². The molecule has 0 aliphatic carbocycles. The van der Waals surface area contributed by atoms with E-state index in [1.54, 1.807) is 30.3 Å². The van der Waals surface area contributed by atoms with Gasteiger partial charge in [0.05, 0.1) is 0 Å². The van der Waals surface area contributed by atoms with E-state index in [0.29, 0.717) is 5.56 Å². The van der Waals surface area contributed by atoms with Crippen molar-refractivity contribution in [2.75, 3.05) is 13.7 Å². The number of ether oxygens (including phenoxy) is 1. The molecule has 1 aromatic rings. The largest absolute Gasteiger partial charge is 0.479 e. The van der Waals surface area contributed by atoms with Crippen molar-refractivity contribution in [2.24, 2.45) is 0 Å². The van der Waals surface area contributed by atoms with Gasteiger partial charge in [0.25, 0.3) is 0 Å². The number of amides is 1. The third-order valence-corrected chi connectivity index (χ3v) is 1.96. The Balaban J connectivity index is 2.77. The van der Waals surface area contributed by atoms with Crippen LogP contribution >= 0.6 is 0 Å². The highest BCUT2D eigenvalue weighted by molar-refractivity contribution is 5.85. The van der Waals surface area contributed by atoms with Crippen molar-refractivity contribution in [3.63, 3.8) is 0 Å². The smallest absolute Gasteiger partial charge is 0.330 e. The summed E-state index contributed by atoms with van der Waals surface area (Å²) in [6.45, 7) is -0.156. The molecule has 0 bridgehead atoms. The van der Waals surface area contributed by atoms with E-state index in [-0.39, 0.29) is 6.61 Å². The van der Waals surface area contributed by atoms with Crippen molar-refractivity contribution >= 4 is 11.9 Å². The molecule has 0 heterocycles. The Hall–Kier alpha value is -1.88. The molecular weight excluding hydrogens is 210 g/mol. The van der Waals surface area contributed by atoms with Gasteiger partial charge in [0.2, 0.25) is 5.91 Å². The van der Waals surface area contributed by atoms with E-state index in [2.05, 4.69) is 10.1 Å². The predicted molar refractivity (Wildman–Crippen MR) is 56.8 cm³/mol. The number of carboxylic acids is 1. The van der Waals surface area contributed by atoms with Gasteiger partial charge in [-0.2, -0.15) is 0 Å². The number of rotatable bonds is 5. The summed E-state index contributed by atoms with van der Waals surface area (Å²) in [6, 6.07) is 7.46. The summed E-state index contributed by atoms with van der Waals surface area (Å²) < 4.78 is 4.62. The monoisotopic (exact) mass is 223 g/mol. The Labute approximate surface area is 93.0 Å². The lowest BCUT2D eigenvalue weighted by Gasteiger charge is -2.14. The SMILES string of the molecule is COCC(=O)N[C@@H](C(=O)O)c1ccccc1. The topological polar surface area (TPSA) is 75.6 Å². The number of aliphatic carboxylic acids is 1. The molecule has 5 heteroatoms. The van der Waals surface area contributed by atoms with Gasteiger partial charge in [-0.25, -0.2) is 4.79 Å². The molecule has 0 unspecified atom stereocenters. The average molecular weight is 223 g/mol. The molecule has 86 valence electrons. The Morgan fingerprint density at radius 3 is 2.50 bits per heavy atom. The first-order valence-corrected chi connectivity index (χ1v) is 4.71. The number of nitrogens with one attached hydrogen (secondary N) is 1. The molecule has 5 nitrogen and oxygen atoms in total. The molecule has 16 heavy (non-hydrogen) atoms. The second kappa shape index (κ2) is 5.87. The number of carbonyl (C=O) groups is 2. The molecule has 1 amide bonds. The lowest BCUT2D eigenvalue weighted by molar-refractivity contribution is -0.142. The minimum atomic E-state index is -1.10. The molecule has 1 aromatic carbocycles. The van der Waals surface area contributed by atoms with Crippen LogP contribution in [0.5, 0.6) is 0 Å². The Bertz CT molecular complexity index is 364. The highest BCUT2D eigenvalue weighted by Gasteiger charge is 2.21. The molecule has 0 saturated carbocycles. The van der Waals surface area contributed by atoms with Gasteiger partial charge in [-0.05, 0) is 5.56 Å². The first kappa shape index (κ1) is 12.2. The van der Waals surface area contributed by atoms with Gasteiger partial charge in [-0.3, -0.25) is 4.79 Å². The van der Waals surface area contributed by atoms with Crippen molar-refractivity contribution in [1.82, 2.24) is 5.32 Å². The molecule has 0 fully saturated rings. The molecular formula is C11H13NO4. The van der Waals surface area contributed by atoms with Gasteiger partial charge in [0.1, 0.15) is 6.61 Å². The van der Waals surface area contributed by atoms with E-state index < -0.39 is 17.9 Å². The third kappa shape index (κ3) is 3.36. The highest BCUT2D eigenvalue weighted by Crippen LogP contribution is 2.12. The van der Waals surface area contributed by atoms with E-state index in [4.69, 9.17) is 5.11 Å². The molecule has 0 aliphatic heterocycles. The van der Waals surface area contributed by atoms with Crippen molar-refractivity contribution in [3.05, 3.63) is 35.9 Å². The first-order valence-electron chi connectivity index (χ1n) is 4.71. The minimum Gasteiger partial charge on any atom is -0.479 e. The summed E-state index contributed by atoms with van der Waals surface area (Å²) in [5.74, 6) is -1.56. The maximum Gasteiger partial charge on any atom is 0.330 e. The number of benzene rings is 1. The number of hydrogen-bond acceptors (Lipinski definition) is 3. The molecule has 0 saturated heterocycles. The Morgan fingerprint density at radius 2 is 2.00 bits per heavy atom. The molecule has 0 radical (unpaired) electrons. The minimum absolute atomic E-state index is 0.156. The van der Waals surface area contributed by atoms with Crippen molar-refractivity contribution < 1.29 is 19.4 Å². The first-order chi connectivity index (χ1) is 7.65. The summed E-state index contributed by atoms with van der Waals surface area (Å²) >= 11 is 0. The van der Waals surface area contributed by atoms with Gasteiger partial charge in [-0.1, -0.05) is 30.3 Å². The summed E-state index contributed by atoms with van der Waals surface area (Å²) in [4.78, 5) is 22.2. The third-order valence-electron chi connectivity index (χ3n) is 1.96. The lowest BCUT2D eigenvalue weighted by atomic mass is 10.1. The zero-order valence-electron chi connectivity index (χ0n) is 8.84. The van der Waals surface area contributed by atoms with Crippen LogP contribution in [0.2, 0.25) is 0 Å². The predicted octanol–water partition coefficient (Wildman–Crippen LogP) is 0.575. The van der Waals surface area contributed by atoms with Crippen molar-refractivity contribution in [2.45, 2.75) is 6.04 Å². The second-order valence-corrected chi connectivity index (χ2v) is 3.18. The van der Waals surface area contributed by atoms with Crippen LogP contribution in [-0.4, -0.2) is 30.7 Å². The zero-order chi connectivity index (χ0) is 12.0. The van der Waals surface area contributed by atoms with Gasteiger partial charge in [0, 0.05) is 7.11 Å². The van der Waals surface area contributed by atoms with Crippen LogP contribution in [0.4, 0.5) is 0 Å². The molecule has 1 rings (SSSR count). The van der Waals surface area contributed by atoms with Crippen LogP contribution in [0.1, 0.15) is 11.6 Å². The van der Waals surface area contributed by atoms with E-state index in [9.17, 15) is 9.59 Å². The lowest BCUT2D eigenvalue weighted by Crippen LogP contribution is -2.35. The molecule has 1 atom stereocenters. The van der Waals surface area contributed by atoms with Gasteiger partial charge >= 0.3 is 5.97 Å². The standard InChI is InChI=1S/C11H13NO4/c1-16-7-9(13)12-10(11(14)15)8-5-3-2-4-6-8/h2-6,10H,7H2,1H3,(H,12,13)(H,14,15)/t10-/m1/s1. The number of carboxylic acid groups (broad SMARTS) is 1. The van der Waals surface area contributed by atoms with Gasteiger partial charge in [-0.15, -0.1) is 0 Å². The summed E-state index contributed by atoms with van der Waals surface area (Å²) in [6.07, 6.45) is 0. The van der Waals surface area contributed by atoms with E-state index in [1.165, 1.54) is 7.11 Å². The number of methoxy groups -OCH3 is 1. The molecule has 2 N–H and O–H groups in total. The maximum atomic E-state index is 11.2. The zero-order valence-corrected chi connectivity index (χ0v) is 8.84. The van der Waals surface area contributed by atoms with Gasteiger partial charge < -0.3 is 15.2 Å². The van der Waals surface area contributed by atoms with E-state index in [0.717, 1.165) is 0 Å². The van der Waals surface area contributed by atoms with Crippen LogP contribution in [-0.2, 0) is 14.3 Å². The molecule has 0 spiro atoms. The summed E-state index contributed by atoms with van der Waals surface area (Å²) in [5, 5.41) is 11.4. The fraction of sp³-hybridized carbons (Fsp3) is 0.273. The normalized spacial score (nSPS) is 11.8. The van der Waals surface area contributed by atoms with Crippen LogP contribution in [0.15, 0.2) is 30.3 Å². The second-order valence-electron chi connectivity index (χ2n) is 3.18. The van der Waals surface area contributed by atoms with Crippen molar-refractivity contribution in [1.29, 1.82) is 0 Å². The summed E-state index contributed by atoms with van der Waals surface area (Å²) in [7, 11) is 1.37. The van der Waals surface area contributed by atoms with Crippen molar-refractivity contribution in [3.8, 4) is 0 Å². The Kier molecular flexibility index (Phi) is 4.47. The molecule has 0 aromatic heterocycles. The van der Waals surface area contributed by atoms with Gasteiger partial charge in [0.15, 0.2) is 6.04 Å². The fourth-order valence-electron chi connectivity index (χ4n) is 1.27.